The summed E-state index contributed by atoms with van der Waals surface area (Å²) in [5.41, 5.74) is 0. The smallest absolute Gasteiger partial charge is 0.119 e. The molecule has 0 spiro atoms. The van der Waals surface area contributed by atoms with E-state index in [2.05, 4.69) is 0 Å². The van der Waals surface area contributed by atoms with E-state index in [1.165, 1.54) is 0 Å². The van der Waals surface area contributed by atoms with E-state index in [4.69, 9.17) is 28.4 Å². The fourth-order valence-corrected chi connectivity index (χ4v) is 2.00. The van der Waals surface area contributed by atoms with Gasteiger partial charge < -0.3 is 28.4 Å². The third-order valence-electron chi connectivity index (χ3n) is 3.18. The van der Waals surface area contributed by atoms with Crippen LogP contribution in [0.4, 0.5) is 0 Å². The Kier molecular flexibility index (Phi) is 9.69. The summed E-state index contributed by atoms with van der Waals surface area (Å²) in [5.74, 6) is 0.823. The average Bonchev–Trinajstić information content (AvgIpc) is 2.60. The highest BCUT2D eigenvalue weighted by Crippen LogP contribution is 2.09. The molecule has 1 aromatic rings. The van der Waals surface area contributed by atoms with Crippen LogP contribution in [0.5, 0.6) is 5.75 Å². The molecule has 2 rings (SSSR count). The molecule has 0 aliphatic carbocycles. The van der Waals surface area contributed by atoms with Crippen LogP contribution in [-0.4, -0.2) is 72.2 Å². The van der Waals surface area contributed by atoms with Crippen molar-refractivity contribution in [2.45, 2.75) is 6.10 Å². The highest BCUT2D eigenvalue weighted by molar-refractivity contribution is 5.20. The van der Waals surface area contributed by atoms with Crippen molar-refractivity contribution in [2.24, 2.45) is 0 Å². The number of hydrogen-bond donors (Lipinski definition) is 0. The third-order valence-corrected chi connectivity index (χ3v) is 3.18. The average molecular weight is 326 g/mol. The van der Waals surface area contributed by atoms with Gasteiger partial charge in [0.15, 0.2) is 0 Å². The van der Waals surface area contributed by atoms with Crippen molar-refractivity contribution in [3.05, 3.63) is 30.3 Å². The Hall–Kier alpha value is -1.18. The van der Waals surface area contributed by atoms with Gasteiger partial charge in [0.05, 0.1) is 59.5 Å². The maximum absolute atomic E-state index is 5.78. The van der Waals surface area contributed by atoms with Gasteiger partial charge in [0.25, 0.3) is 0 Å². The Morgan fingerprint density at radius 2 is 1.30 bits per heavy atom. The maximum Gasteiger partial charge on any atom is 0.119 e. The Morgan fingerprint density at radius 3 is 1.96 bits per heavy atom. The van der Waals surface area contributed by atoms with Crippen molar-refractivity contribution in [3.8, 4) is 5.75 Å². The Bertz CT molecular complexity index is 370. The molecule has 0 N–H and O–H groups in total. The molecule has 1 atom stereocenters. The van der Waals surface area contributed by atoms with Gasteiger partial charge in [-0.05, 0) is 12.1 Å². The fourth-order valence-electron chi connectivity index (χ4n) is 2.00. The van der Waals surface area contributed by atoms with Gasteiger partial charge in [0.2, 0.25) is 0 Å². The van der Waals surface area contributed by atoms with Crippen LogP contribution in [0.1, 0.15) is 0 Å². The summed E-state index contributed by atoms with van der Waals surface area (Å²) < 4.78 is 33.3. The number of hydrogen-bond acceptors (Lipinski definition) is 6. The fraction of sp³-hybridized carbons (Fsp3) is 0.647. The van der Waals surface area contributed by atoms with Gasteiger partial charge in [-0.3, -0.25) is 0 Å². The quantitative estimate of drug-likeness (QED) is 0.840. The molecule has 1 saturated heterocycles. The molecule has 0 aromatic heterocycles. The molecular weight excluding hydrogens is 300 g/mol. The standard InChI is InChI=1S/C17H26O6/c1-2-4-16(5-3-1)23-15-17-14-21-11-10-19-7-6-18-8-9-20-12-13-22-17/h1-5,17H,6-15H2. The minimum atomic E-state index is -0.139. The molecule has 0 radical (unpaired) electrons. The second kappa shape index (κ2) is 12.3. The van der Waals surface area contributed by atoms with Crippen molar-refractivity contribution in [3.63, 3.8) is 0 Å². The molecule has 1 fully saturated rings. The SMILES string of the molecule is c1ccc(OCC2COCCOCCOCCOCCO2)cc1. The van der Waals surface area contributed by atoms with Crippen LogP contribution in [0.25, 0.3) is 0 Å². The molecule has 6 heteroatoms. The molecule has 1 aromatic carbocycles. The number of rotatable bonds is 3. The molecule has 1 aliphatic rings. The Balaban J connectivity index is 1.72. The minimum absolute atomic E-state index is 0.139. The first-order valence-electron chi connectivity index (χ1n) is 8.05. The lowest BCUT2D eigenvalue weighted by Crippen LogP contribution is -2.29. The van der Waals surface area contributed by atoms with E-state index >= 15 is 0 Å². The predicted octanol–water partition coefficient (Wildman–Crippen LogP) is 1.53. The van der Waals surface area contributed by atoms with Crippen molar-refractivity contribution in [2.75, 3.05) is 66.1 Å². The first-order valence-corrected chi connectivity index (χ1v) is 8.05. The van der Waals surface area contributed by atoms with Crippen LogP contribution in [0.3, 0.4) is 0 Å². The van der Waals surface area contributed by atoms with Gasteiger partial charge in [-0.2, -0.15) is 0 Å². The summed E-state index contributed by atoms with van der Waals surface area (Å²) in [6.45, 7) is 5.29. The zero-order valence-electron chi connectivity index (χ0n) is 13.5. The first kappa shape index (κ1) is 18.2. The molecule has 1 unspecified atom stereocenters. The van der Waals surface area contributed by atoms with Crippen LogP contribution in [-0.2, 0) is 23.7 Å². The van der Waals surface area contributed by atoms with Crippen LogP contribution in [0.2, 0.25) is 0 Å². The van der Waals surface area contributed by atoms with E-state index in [9.17, 15) is 0 Å². The largest absolute Gasteiger partial charge is 0.491 e. The lowest BCUT2D eigenvalue weighted by molar-refractivity contribution is -0.0606. The topological polar surface area (TPSA) is 55.4 Å². The zero-order chi connectivity index (χ0) is 16.0. The first-order chi connectivity index (χ1) is 11.4. The molecule has 0 saturated carbocycles. The van der Waals surface area contributed by atoms with E-state index in [0.29, 0.717) is 66.1 Å². The van der Waals surface area contributed by atoms with Crippen LogP contribution >= 0.6 is 0 Å². The molecular formula is C17H26O6. The van der Waals surface area contributed by atoms with Gasteiger partial charge in [-0.1, -0.05) is 18.2 Å². The van der Waals surface area contributed by atoms with Gasteiger partial charge in [0.1, 0.15) is 18.5 Å². The summed E-state index contributed by atoms with van der Waals surface area (Å²) in [4.78, 5) is 0. The lowest BCUT2D eigenvalue weighted by atomic mass is 10.3. The molecule has 6 nitrogen and oxygen atoms in total. The predicted molar refractivity (Wildman–Crippen MR) is 85.0 cm³/mol. The Morgan fingerprint density at radius 1 is 0.739 bits per heavy atom. The van der Waals surface area contributed by atoms with E-state index in [1.807, 2.05) is 30.3 Å². The second-order valence-corrected chi connectivity index (χ2v) is 5.03. The summed E-state index contributed by atoms with van der Waals surface area (Å²) in [6, 6.07) is 9.68. The van der Waals surface area contributed by atoms with Crippen LogP contribution < -0.4 is 4.74 Å². The monoisotopic (exact) mass is 326 g/mol. The molecule has 1 aliphatic heterocycles. The normalized spacial score (nSPS) is 22.7. The molecule has 0 bridgehead atoms. The van der Waals surface area contributed by atoms with Gasteiger partial charge >= 0.3 is 0 Å². The lowest BCUT2D eigenvalue weighted by Gasteiger charge is -2.19. The van der Waals surface area contributed by atoms with Crippen molar-refractivity contribution in [1.82, 2.24) is 0 Å². The second-order valence-electron chi connectivity index (χ2n) is 5.03. The molecule has 23 heavy (non-hydrogen) atoms. The highest BCUT2D eigenvalue weighted by Gasteiger charge is 2.11. The van der Waals surface area contributed by atoms with Crippen LogP contribution in [0, 0.1) is 0 Å². The minimum Gasteiger partial charge on any atom is -0.491 e. The summed E-state index contributed by atoms with van der Waals surface area (Å²) in [6.07, 6.45) is -0.139. The number of para-hydroxylation sites is 1. The van der Waals surface area contributed by atoms with Crippen molar-refractivity contribution >= 4 is 0 Å². The zero-order valence-corrected chi connectivity index (χ0v) is 13.5. The van der Waals surface area contributed by atoms with Crippen molar-refractivity contribution in [1.29, 1.82) is 0 Å². The van der Waals surface area contributed by atoms with Gasteiger partial charge in [-0.25, -0.2) is 0 Å². The van der Waals surface area contributed by atoms with E-state index in [0.717, 1.165) is 5.75 Å². The summed E-state index contributed by atoms with van der Waals surface area (Å²) in [7, 11) is 0. The summed E-state index contributed by atoms with van der Waals surface area (Å²) >= 11 is 0. The van der Waals surface area contributed by atoms with Gasteiger partial charge in [-0.15, -0.1) is 0 Å². The number of benzene rings is 1. The van der Waals surface area contributed by atoms with E-state index in [1.54, 1.807) is 0 Å². The maximum atomic E-state index is 5.78. The van der Waals surface area contributed by atoms with E-state index < -0.39 is 0 Å². The Labute approximate surface area is 137 Å². The molecule has 130 valence electrons. The summed E-state index contributed by atoms with van der Waals surface area (Å²) in [5, 5.41) is 0. The highest BCUT2D eigenvalue weighted by atomic mass is 16.6. The van der Waals surface area contributed by atoms with Crippen molar-refractivity contribution < 1.29 is 28.4 Å². The van der Waals surface area contributed by atoms with Crippen LogP contribution in [0.15, 0.2) is 30.3 Å². The molecule has 1 heterocycles. The molecule has 0 amide bonds. The number of ether oxygens (including phenoxy) is 6. The van der Waals surface area contributed by atoms with Gasteiger partial charge in [0, 0.05) is 0 Å². The third kappa shape index (κ3) is 8.88. The van der Waals surface area contributed by atoms with E-state index in [-0.39, 0.29) is 6.10 Å².